The highest BCUT2D eigenvalue weighted by molar-refractivity contribution is 6.13. The van der Waals surface area contributed by atoms with Gasteiger partial charge in [0.25, 0.3) is 5.91 Å². The molecule has 0 atom stereocenters. The molecule has 3 N–H and O–H groups in total. The Morgan fingerprint density at radius 1 is 1.17 bits per heavy atom. The molecule has 2 fully saturated rings. The van der Waals surface area contributed by atoms with Gasteiger partial charge in [0.05, 0.1) is 23.0 Å². The number of hydrogen-bond acceptors (Lipinski definition) is 6. The summed E-state index contributed by atoms with van der Waals surface area (Å²) >= 11 is 0. The Labute approximate surface area is 202 Å². The Hall–Kier alpha value is -3.50. The summed E-state index contributed by atoms with van der Waals surface area (Å²) in [7, 11) is 1.00. The van der Waals surface area contributed by atoms with Gasteiger partial charge in [-0.3, -0.25) is 9.48 Å². The first kappa shape index (κ1) is 23.3. The lowest BCUT2D eigenvalue weighted by Crippen LogP contribution is -2.43. The number of nitrogens with zero attached hydrogens (tertiary/aromatic N) is 5. The largest absolute Gasteiger partial charge is 0.400 e. The van der Waals surface area contributed by atoms with E-state index in [1.54, 1.807) is 23.7 Å². The van der Waals surface area contributed by atoms with E-state index in [1.165, 1.54) is 12.5 Å². The third-order valence-electron chi connectivity index (χ3n) is 6.71. The summed E-state index contributed by atoms with van der Waals surface area (Å²) in [5, 5.41) is 19.1. The number of halogens is 1. The van der Waals surface area contributed by atoms with Crippen molar-refractivity contribution in [3.05, 3.63) is 53.9 Å². The Balaban J connectivity index is 0.00000124. The molecule has 1 aliphatic heterocycles. The zero-order chi connectivity index (χ0) is 24.5. The van der Waals surface area contributed by atoms with E-state index >= 15 is 0 Å². The van der Waals surface area contributed by atoms with Gasteiger partial charge in [-0.25, -0.2) is 9.37 Å². The Kier molecular flexibility index (Phi) is 6.40. The highest BCUT2D eigenvalue weighted by atomic mass is 19.1. The number of imidazole rings is 1. The minimum absolute atomic E-state index is 0.243. The predicted molar refractivity (Wildman–Crippen MR) is 134 cm³/mol. The van der Waals surface area contributed by atoms with Crippen molar-refractivity contribution in [2.24, 2.45) is 0 Å². The third kappa shape index (κ3) is 4.35. The second-order valence-corrected chi connectivity index (χ2v) is 8.97. The number of carbonyl (C=O) groups is 1. The van der Waals surface area contributed by atoms with Crippen molar-refractivity contribution in [1.82, 2.24) is 24.5 Å². The van der Waals surface area contributed by atoms with Crippen molar-refractivity contribution in [2.75, 3.05) is 43.5 Å². The predicted octanol–water partition coefficient (Wildman–Crippen LogP) is 3.13. The monoisotopic (exact) mass is 479 g/mol. The topological polar surface area (TPSA) is 99.7 Å². The summed E-state index contributed by atoms with van der Waals surface area (Å²) in [5.74, 6) is -0.782. The van der Waals surface area contributed by atoms with Crippen LogP contribution in [0, 0.1) is 12.7 Å². The summed E-state index contributed by atoms with van der Waals surface area (Å²) in [6, 6.07) is 5.55. The molecule has 4 heterocycles. The van der Waals surface area contributed by atoms with Crippen molar-refractivity contribution in [2.45, 2.75) is 32.2 Å². The number of aliphatic hydroxyl groups excluding tert-OH is 1. The molecule has 1 aromatic carbocycles. The maximum Gasteiger partial charge on any atom is 0.257 e. The van der Waals surface area contributed by atoms with E-state index < -0.39 is 5.82 Å². The number of amides is 1. The van der Waals surface area contributed by atoms with Gasteiger partial charge in [-0.15, -0.1) is 0 Å². The molecule has 1 saturated heterocycles. The quantitative estimate of drug-likeness (QED) is 0.416. The minimum atomic E-state index is -0.477. The van der Waals surface area contributed by atoms with Gasteiger partial charge in [0.15, 0.2) is 11.5 Å². The van der Waals surface area contributed by atoms with Crippen molar-refractivity contribution in [3.63, 3.8) is 0 Å². The fourth-order valence-electron chi connectivity index (χ4n) is 4.76. The standard InChI is InChI=1S/C24H26FN7O.CH4O/c1-15-12-31-13-16(11-20(25)23(31)27-15)28-24(33)18-5-6-21(30-9-7-26-8-10-30)19-14-32(29-22(18)19)17-3-2-4-17;1-2/h5-6,11-14,17,26H,2-4,7-10H2,1H3,(H,28,33);2H,1H3. The molecule has 1 saturated carbocycles. The molecular weight excluding hydrogens is 449 g/mol. The Morgan fingerprint density at radius 2 is 1.94 bits per heavy atom. The molecule has 0 radical (unpaired) electrons. The van der Waals surface area contributed by atoms with Gasteiger partial charge in [-0.1, -0.05) is 0 Å². The smallest absolute Gasteiger partial charge is 0.257 e. The molecule has 0 spiro atoms. The molecular formula is C25H30FN7O2. The summed E-state index contributed by atoms with van der Waals surface area (Å²) in [4.78, 5) is 19.8. The number of hydrogen-bond donors (Lipinski definition) is 3. The molecule has 35 heavy (non-hydrogen) atoms. The zero-order valence-electron chi connectivity index (χ0n) is 20.0. The lowest BCUT2D eigenvalue weighted by molar-refractivity contribution is 0.102. The van der Waals surface area contributed by atoms with Gasteiger partial charge in [-0.05, 0) is 38.3 Å². The molecule has 4 aromatic rings. The van der Waals surface area contributed by atoms with Crippen LogP contribution < -0.4 is 15.5 Å². The lowest BCUT2D eigenvalue weighted by Gasteiger charge is -2.30. The van der Waals surface area contributed by atoms with Crippen LogP contribution in [0.3, 0.4) is 0 Å². The van der Waals surface area contributed by atoms with Gasteiger partial charge in [-0.2, -0.15) is 5.10 Å². The van der Waals surface area contributed by atoms with Crippen molar-refractivity contribution >= 4 is 33.8 Å². The van der Waals surface area contributed by atoms with E-state index in [9.17, 15) is 9.18 Å². The molecule has 10 heteroatoms. The van der Waals surface area contributed by atoms with Crippen LogP contribution in [0.1, 0.15) is 41.4 Å². The van der Waals surface area contributed by atoms with E-state index in [1.807, 2.05) is 16.8 Å². The van der Waals surface area contributed by atoms with Crippen LogP contribution in [0.2, 0.25) is 0 Å². The van der Waals surface area contributed by atoms with E-state index in [4.69, 9.17) is 10.2 Å². The molecule has 0 bridgehead atoms. The minimum Gasteiger partial charge on any atom is -0.400 e. The first-order chi connectivity index (χ1) is 17.1. The SMILES string of the molecule is CO.Cc1cn2cc(NC(=O)c3ccc(N4CCNCC4)c4cn(C5CCC5)nc34)cc(F)c2n1. The molecule has 1 aliphatic carbocycles. The van der Waals surface area contributed by atoms with E-state index in [0.29, 0.717) is 28.5 Å². The van der Waals surface area contributed by atoms with E-state index in [0.717, 1.165) is 57.2 Å². The highest BCUT2D eigenvalue weighted by Crippen LogP contribution is 2.35. The van der Waals surface area contributed by atoms with Gasteiger partial charge in [0.2, 0.25) is 0 Å². The van der Waals surface area contributed by atoms with Crippen LogP contribution in [0.15, 0.2) is 36.8 Å². The number of benzene rings is 1. The number of aryl methyl sites for hydroxylation is 1. The number of aliphatic hydroxyl groups is 1. The number of piperazine rings is 1. The summed E-state index contributed by atoms with van der Waals surface area (Å²) in [5.41, 5.74) is 3.62. The number of nitrogens with one attached hydrogen (secondary N) is 2. The zero-order valence-corrected chi connectivity index (χ0v) is 20.0. The van der Waals surface area contributed by atoms with E-state index in [-0.39, 0.29) is 11.6 Å². The molecule has 184 valence electrons. The molecule has 0 unspecified atom stereocenters. The highest BCUT2D eigenvalue weighted by Gasteiger charge is 2.25. The Bertz CT molecular complexity index is 1370. The van der Waals surface area contributed by atoms with Crippen molar-refractivity contribution in [1.29, 1.82) is 0 Å². The molecule has 2 aliphatic rings. The lowest BCUT2D eigenvalue weighted by atomic mass is 9.93. The third-order valence-corrected chi connectivity index (χ3v) is 6.71. The first-order valence-corrected chi connectivity index (χ1v) is 12.0. The molecule has 9 nitrogen and oxygen atoms in total. The fourth-order valence-corrected chi connectivity index (χ4v) is 4.76. The number of anilines is 2. The van der Waals surface area contributed by atoms with Crippen LogP contribution in [0.5, 0.6) is 0 Å². The van der Waals surface area contributed by atoms with Gasteiger partial charge < -0.3 is 25.0 Å². The maximum atomic E-state index is 14.5. The summed E-state index contributed by atoms with van der Waals surface area (Å²) in [6.07, 6.45) is 8.93. The van der Waals surface area contributed by atoms with Crippen LogP contribution in [-0.2, 0) is 0 Å². The molecule has 3 aromatic heterocycles. The summed E-state index contributed by atoms with van der Waals surface area (Å²) < 4.78 is 18.1. The van der Waals surface area contributed by atoms with Crippen molar-refractivity contribution in [3.8, 4) is 0 Å². The van der Waals surface area contributed by atoms with Crippen molar-refractivity contribution < 1.29 is 14.3 Å². The van der Waals surface area contributed by atoms with Crippen LogP contribution >= 0.6 is 0 Å². The number of aromatic nitrogens is 4. The Morgan fingerprint density at radius 3 is 2.66 bits per heavy atom. The normalized spacial score (nSPS) is 16.2. The van der Waals surface area contributed by atoms with Crippen LogP contribution in [0.4, 0.5) is 15.8 Å². The number of pyridine rings is 1. The number of carbonyl (C=O) groups excluding carboxylic acids is 1. The average molecular weight is 480 g/mol. The molecule has 1 amide bonds. The average Bonchev–Trinajstić information content (AvgIpc) is 3.42. The van der Waals surface area contributed by atoms with Crippen LogP contribution in [0.25, 0.3) is 16.6 Å². The number of rotatable bonds is 4. The molecule has 6 rings (SSSR count). The number of fused-ring (bicyclic) bond motifs is 2. The van der Waals surface area contributed by atoms with Gasteiger partial charge in [0.1, 0.15) is 5.52 Å². The van der Waals surface area contributed by atoms with Crippen LogP contribution in [-0.4, -0.2) is 63.5 Å². The first-order valence-electron chi connectivity index (χ1n) is 12.0. The van der Waals surface area contributed by atoms with Gasteiger partial charge >= 0.3 is 0 Å². The second kappa shape index (κ2) is 9.63. The second-order valence-electron chi connectivity index (χ2n) is 8.97. The van der Waals surface area contributed by atoms with E-state index in [2.05, 4.69) is 26.7 Å². The van der Waals surface area contributed by atoms with Gasteiger partial charge in [0, 0.05) is 69.0 Å². The summed E-state index contributed by atoms with van der Waals surface area (Å²) in [6.45, 7) is 5.50. The fraction of sp³-hybridized carbons (Fsp3) is 0.400. The maximum absolute atomic E-state index is 14.5.